The molecule has 3 nitrogen and oxygen atoms in total. The van der Waals surface area contributed by atoms with Gasteiger partial charge in [0.1, 0.15) is 5.82 Å². The molecular weight excluding hydrogens is 243 g/mol. The van der Waals surface area contributed by atoms with Crippen LogP contribution < -0.4 is 10.6 Å². The van der Waals surface area contributed by atoms with Crippen LogP contribution in [-0.2, 0) is 6.18 Å². The predicted octanol–water partition coefficient (Wildman–Crippen LogP) is 2.65. The quantitative estimate of drug-likeness (QED) is 0.857. The summed E-state index contributed by atoms with van der Waals surface area (Å²) in [6.45, 7) is 2.94. The third-order valence-electron chi connectivity index (χ3n) is 3.06. The number of pyridine rings is 1. The number of halogens is 3. The molecule has 1 aliphatic rings. The summed E-state index contributed by atoms with van der Waals surface area (Å²) in [6, 6.07) is 2.60. The molecule has 2 unspecified atom stereocenters. The second-order valence-electron chi connectivity index (χ2n) is 4.65. The lowest BCUT2D eigenvalue weighted by molar-refractivity contribution is -0.137. The summed E-state index contributed by atoms with van der Waals surface area (Å²) in [5.74, 6) is 0.295. The van der Waals surface area contributed by atoms with Gasteiger partial charge in [-0.05, 0) is 38.4 Å². The van der Waals surface area contributed by atoms with Crippen molar-refractivity contribution >= 4 is 5.82 Å². The summed E-state index contributed by atoms with van der Waals surface area (Å²) >= 11 is 0. The molecule has 18 heavy (non-hydrogen) atoms. The molecular formula is C12H16F3N3. The topological polar surface area (TPSA) is 37.0 Å². The summed E-state index contributed by atoms with van der Waals surface area (Å²) < 4.78 is 37.6. The van der Waals surface area contributed by atoms with Crippen LogP contribution in [0.15, 0.2) is 18.3 Å². The first kappa shape index (κ1) is 13.1. The highest BCUT2D eigenvalue weighted by Gasteiger charge is 2.31. The molecule has 0 aromatic carbocycles. The van der Waals surface area contributed by atoms with E-state index in [1.165, 1.54) is 6.20 Å². The third-order valence-corrected chi connectivity index (χ3v) is 3.06. The highest BCUT2D eigenvalue weighted by Crippen LogP contribution is 2.30. The van der Waals surface area contributed by atoms with E-state index in [2.05, 4.69) is 22.5 Å². The average Bonchev–Trinajstić information content (AvgIpc) is 2.28. The summed E-state index contributed by atoms with van der Waals surface area (Å²) in [6.07, 6.45) is -1.35. The fourth-order valence-electron chi connectivity index (χ4n) is 2.16. The Hall–Kier alpha value is -1.30. The zero-order valence-electron chi connectivity index (χ0n) is 10.1. The molecule has 100 valence electrons. The van der Waals surface area contributed by atoms with Crippen molar-refractivity contribution in [2.75, 3.05) is 11.9 Å². The van der Waals surface area contributed by atoms with Crippen molar-refractivity contribution in [1.82, 2.24) is 10.3 Å². The third kappa shape index (κ3) is 3.35. The Balaban J connectivity index is 2.05. The molecule has 0 amide bonds. The van der Waals surface area contributed by atoms with E-state index in [0.29, 0.717) is 11.9 Å². The van der Waals surface area contributed by atoms with Crippen molar-refractivity contribution < 1.29 is 13.2 Å². The maximum atomic E-state index is 12.5. The number of anilines is 1. The molecule has 1 aromatic rings. The number of alkyl halides is 3. The number of hydrogen-bond acceptors (Lipinski definition) is 3. The number of rotatable bonds is 2. The Morgan fingerprint density at radius 1 is 1.44 bits per heavy atom. The average molecular weight is 259 g/mol. The first-order valence-corrected chi connectivity index (χ1v) is 5.98. The lowest BCUT2D eigenvalue weighted by atomic mass is 10.0. The summed E-state index contributed by atoms with van der Waals surface area (Å²) in [4.78, 5) is 3.94. The number of nitrogens with one attached hydrogen (secondary N) is 2. The first-order valence-electron chi connectivity index (χ1n) is 5.98. The van der Waals surface area contributed by atoms with Gasteiger partial charge in [0.15, 0.2) is 0 Å². The lowest BCUT2D eigenvalue weighted by Gasteiger charge is -2.29. The van der Waals surface area contributed by atoms with E-state index in [4.69, 9.17) is 0 Å². The molecule has 2 rings (SSSR count). The fourth-order valence-corrected chi connectivity index (χ4v) is 2.16. The summed E-state index contributed by atoms with van der Waals surface area (Å²) in [5.41, 5.74) is -0.665. The van der Waals surface area contributed by atoms with Crippen molar-refractivity contribution in [2.24, 2.45) is 0 Å². The Labute approximate surface area is 104 Å². The highest BCUT2D eigenvalue weighted by atomic mass is 19.4. The van der Waals surface area contributed by atoms with Crippen molar-refractivity contribution in [1.29, 1.82) is 0 Å². The molecule has 2 heterocycles. The molecule has 0 radical (unpaired) electrons. The van der Waals surface area contributed by atoms with Gasteiger partial charge in [-0.15, -0.1) is 0 Å². The van der Waals surface area contributed by atoms with Gasteiger partial charge >= 0.3 is 6.18 Å². The Kier molecular flexibility index (Phi) is 3.75. The minimum absolute atomic E-state index is 0.178. The van der Waals surface area contributed by atoms with Gasteiger partial charge < -0.3 is 10.6 Å². The van der Waals surface area contributed by atoms with Crippen LogP contribution in [0.1, 0.15) is 25.3 Å². The van der Waals surface area contributed by atoms with Crippen molar-refractivity contribution in [3.63, 3.8) is 0 Å². The van der Waals surface area contributed by atoms with E-state index in [-0.39, 0.29) is 6.04 Å². The molecule has 1 aromatic heterocycles. The van der Waals surface area contributed by atoms with Crippen LogP contribution in [0.2, 0.25) is 0 Å². The maximum Gasteiger partial charge on any atom is 0.416 e. The zero-order valence-corrected chi connectivity index (χ0v) is 10.1. The van der Waals surface area contributed by atoms with Crippen LogP contribution in [0.3, 0.4) is 0 Å². The van der Waals surface area contributed by atoms with E-state index in [0.717, 1.165) is 31.5 Å². The number of hydrogen-bond donors (Lipinski definition) is 2. The standard InChI is InChI=1S/C12H16F3N3/c1-8-6-10(3-5-16-8)18-11-7-9(2-4-17-11)12(13,14)15/h2,4,7-8,10,16H,3,5-6H2,1H3,(H,17,18). The van der Waals surface area contributed by atoms with Gasteiger partial charge in [0.05, 0.1) is 5.56 Å². The maximum absolute atomic E-state index is 12.5. The SMILES string of the molecule is CC1CC(Nc2cc(C(F)(F)F)ccn2)CCN1. The van der Waals surface area contributed by atoms with Crippen LogP contribution in [0.4, 0.5) is 19.0 Å². The van der Waals surface area contributed by atoms with E-state index in [1.807, 2.05) is 0 Å². The minimum atomic E-state index is -4.32. The second-order valence-corrected chi connectivity index (χ2v) is 4.65. The molecule has 0 bridgehead atoms. The normalized spacial score (nSPS) is 24.9. The number of aromatic nitrogens is 1. The van der Waals surface area contributed by atoms with Gasteiger partial charge in [-0.2, -0.15) is 13.2 Å². The zero-order chi connectivity index (χ0) is 13.2. The molecule has 2 N–H and O–H groups in total. The number of piperidine rings is 1. The van der Waals surface area contributed by atoms with Gasteiger partial charge in [0.25, 0.3) is 0 Å². The minimum Gasteiger partial charge on any atom is -0.367 e. The van der Waals surface area contributed by atoms with Gasteiger partial charge in [-0.3, -0.25) is 0 Å². The van der Waals surface area contributed by atoms with E-state index in [1.54, 1.807) is 0 Å². The predicted molar refractivity (Wildman–Crippen MR) is 63.3 cm³/mol. The molecule has 0 aliphatic carbocycles. The van der Waals surface area contributed by atoms with Crippen LogP contribution in [-0.4, -0.2) is 23.6 Å². The van der Waals surface area contributed by atoms with Gasteiger partial charge in [0, 0.05) is 18.3 Å². The van der Waals surface area contributed by atoms with E-state index < -0.39 is 11.7 Å². The molecule has 0 saturated carbocycles. The monoisotopic (exact) mass is 259 g/mol. The van der Waals surface area contributed by atoms with Crippen molar-refractivity contribution in [2.45, 2.75) is 38.0 Å². The van der Waals surface area contributed by atoms with E-state index >= 15 is 0 Å². The van der Waals surface area contributed by atoms with Crippen LogP contribution in [0.25, 0.3) is 0 Å². The lowest BCUT2D eigenvalue weighted by Crippen LogP contribution is -2.41. The van der Waals surface area contributed by atoms with Crippen LogP contribution in [0.5, 0.6) is 0 Å². The Morgan fingerprint density at radius 2 is 2.22 bits per heavy atom. The van der Waals surface area contributed by atoms with Crippen molar-refractivity contribution in [3.8, 4) is 0 Å². The Bertz CT molecular complexity index is 406. The summed E-state index contributed by atoms with van der Waals surface area (Å²) in [7, 11) is 0. The van der Waals surface area contributed by atoms with E-state index in [9.17, 15) is 13.2 Å². The van der Waals surface area contributed by atoms with Crippen LogP contribution >= 0.6 is 0 Å². The molecule has 0 spiro atoms. The first-order chi connectivity index (χ1) is 8.45. The van der Waals surface area contributed by atoms with Gasteiger partial charge in [-0.1, -0.05) is 0 Å². The largest absolute Gasteiger partial charge is 0.416 e. The molecule has 6 heteroatoms. The Morgan fingerprint density at radius 3 is 2.89 bits per heavy atom. The van der Waals surface area contributed by atoms with Gasteiger partial charge in [0.2, 0.25) is 0 Å². The molecule has 1 aliphatic heterocycles. The fraction of sp³-hybridized carbons (Fsp3) is 0.583. The highest BCUT2D eigenvalue weighted by molar-refractivity contribution is 5.39. The molecule has 2 atom stereocenters. The number of nitrogens with zero attached hydrogens (tertiary/aromatic N) is 1. The van der Waals surface area contributed by atoms with Gasteiger partial charge in [-0.25, -0.2) is 4.98 Å². The summed E-state index contributed by atoms with van der Waals surface area (Å²) in [5, 5.41) is 6.37. The van der Waals surface area contributed by atoms with Crippen molar-refractivity contribution in [3.05, 3.63) is 23.9 Å². The second kappa shape index (κ2) is 5.14. The molecule has 1 fully saturated rings. The molecule has 1 saturated heterocycles. The smallest absolute Gasteiger partial charge is 0.367 e. The van der Waals surface area contributed by atoms with Crippen LogP contribution in [0, 0.1) is 0 Å².